The first-order chi connectivity index (χ1) is 17.6. The van der Waals surface area contributed by atoms with Gasteiger partial charge in [0.15, 0.2) is 5.82 Å². The van der Waals surface area contributed by atoms with Crippen LogP contribution < -0.4 is 5.32 Å². The molecular formula is C24H15ClF5N5O2. The number of benzene rings is 2. The lowest BCUT2D eigenvalue weighted by atomic mass is 10.0. The lowest BCUT2D eigenvalue weighted by Gasteiger charge is -2.14. The van der Waals surface area contributed by atoms with E-state index in [0.29, 0.717) is 21.9 Å². The molecule has 0 spiro atoms. The number of hydrogen-bond donors (Lipinski definition) is 2. The van der Waals surface area contributed by atoms with Crippen molar-refractivity contribution in [2.75, 3.05) is 5.32 Å². The van der Waals surface area contributed by atoms with Gasteiger partial charge >= 0.3 is 5.97 Å². The second-order valence-corrected chi connectivity index (χ2v) is 7.90. The number of aromatic nitrogens is 4. The Morgan fingerprint density at radius 1 is 1.08 bits per heavy atom. The van der Waals surface area contributed by atoms with E-state index in [4.69, 9.17) is 16.7 Å². The van der Waals surface area contributed by atoms with Crippen molar-refractivity contribution in [3.63, 3.8) is 0 Å². The number of rotatable bonds is 8. The van der Waals surface area contributed by atoms with Crippen LogP contribution >= 0.6 is 11.6 Å². The van der Waals surface area contributed by atoms with Gasteiger partial charge in [-0.25, -0.2) is 36.4 Å². The molecule has 7 nitrogen and oxygen atoms in total. The Balaban J connectivity index is 1.88. The van der Waals surface area contributed by atoms with Crippen LogP contribution in [-0.4, -0.2) is 30.8 Å². The molecular weight excluding hydrogens is 521 g/mol. The lowest BCUT2D eigenvalue weighted by Crippen LogP contribution is -2.10. The van der Waals surface area contributed by atoms with E-state index in [-0.39, 0.29) is 28.0 Å². The standard InChI is InChI=1S/C24H15ClF5N5O2/c25-16-9-14(5-6-17(16)26)32-24-31-11-15(13-3-1-2-12(8-13)4-7-20(36)37)23(33-24)35-19(22(29)30)10-18(34-35)21(27)28/h1-11,21-22H,(H,36,37)(H,31,32,33)/b7-4+. The summed E-state index contributed by atoms with van der Waals surface area (Å²) in [4.78, 5) is 19.3. The predicted molar refractivity (Wildman–Crippen MR) is 126 cm³/mol. The van der Waals surface area contributed by atoms with Gasteiger partial charge in [0.05, 0.1) is 5.02 Å². The summed E-state index contributed by atoms with van der Waals surface area (Å²) in [5, 5.41) is 15.1. The molecule has 37 heavy (non-hydrogen) atoms. The summed E-state index contributed by atoms with van der Waals surface area (Å²) >= 11 is 5.79. The maximum absolute atomic E-state index is 13.8. The van der Waals surface area contributed by atoms with Crippen LogP contribution in [0.2, 0.25) is 5.02 Å². The predicted octanol–water partition coefficient (Wildman–Crippen LogP) is 6.84. The zero-order valence-corrected chi connectivity index (χ0v) is 19.2. The average Bonchev–Trinajstić information content (AvgIpc) is 3.32. The maximum Gasteiger partial charge on any atom is 0.328 e. The molecule has 0 aliphatic rings. The van der Waals surface area contributed by atoms with E-state index >= 15 is 0 Å². The number of anilines is 2. The highest BCUT2D eigenvalue weighted by atomic mass is 35.5. The molecule has 2 aromatic carbocycles. The van der Waals surface area contributed by atoms with Crippen molar-refractivity contribution in [3.8, 4) is 16.9 Å². The SMILES string of the molecule is O=C(O)/C=C/c1cccc(-c2cnc(Nc3ccc(F)c(Cl)c3)nc2-n2nc(C(F)F)cc2C(F)F)c1. The average molecular weight is 536 g/mol. The molecule has 2 N–H and O–H groups in total. The van der Waals surface area contributed by atoms with Gasteiger partial charge in [-0.15, -0.1) is 0 Å². The summed E-state index contributed by atoms with van der Waals surface area (Å²) in [5.74, 6) is -2.24. The number of carbonyl (C=O) groups is 1. The first-order valence-electron chi connectivity index (χ1n) is 10.4. The number of carboxylic acid groups (broad SMARTS) is 1. The van der Waals surface area contributed by atoms with Gasteiger partial charge < -0.3 is 10.4 Å². The molecule has 2 aromatic heterocycles. The smallest absolute Gasteiger partial charge is 0.328 e. The molecule has 0 saturated heterocycles. The minimum atomic E-state index is -3.17. The molecule has 0 amide bonds. The van der Waals surface area contributed by atoms with Gasteiger partial charge in [0, 0.05) is 23.5 Å². The van der Waals surface area contributed by atoms with Gasteiger partial charge in [0.1, 0.15) is 17.2 Å². The largest absolute Gasteiger partial charge is 0.478 e. The maximum atomic E-state index is 13.8. The van der Waals surface area contributed by atoms with Crippen LogP contribution in [0.1, 0.15) is 29.8 Å². The van der Waals surface area contributed by atoms with Crippen LogP contribution in [0, 0.1) is 5.82 Å². The summed E-state index contributed by atoms with van der Waals surface area (Å²) < 4.78 is 68.4. The molecule has 0 unspecified atom stereocenters. The number of hydrogen-bond acceptors (Lipinski definition) is 5. The van der Waals surface area contributed by atoms with Crippen molar-refractivity contribution in [1.29, 1.82) is 0 Å². The Labute approximate surface area is 210 Å². The zero-order valence-electron chi connectivity index (χ0n) is 18.4. The van der Waals surface area contributed by atoms with E-state index in [1.165, 1.54) is 30.5 Å². The molecule has 4 aromatic rings. The molecule has 2 heterocycles. The van der Waals surface area contributed by atoms with E-state index in [0.717, 1.165) is 12.1 Å². The number of nitrogens with zero attached hydrogens (tertiary/aromatic N) is 4. The Morgan fingerprint density at radius 2 is 1.86 bits per heavy atom. The molecule has 0 radical (unpaired) electrons. The highest BCUT2D eigenvalue weighted by Crippen LogP contribution is 2.33. The van der Waals surface area contributed by atoms with Crippen molar-refractivity contribution in [2.45, 2.75) is 12.9 Å². The fourth-order valence-corrected chi connectivity index (χ4v) is 3.51. The summed E-state index contributed by atoms with van der Waals surface area (Å²) in [6.45, 7) is 0. The molecule has 4 rings (SSSR count). The highest BCUT2D eigenvalue weighted by Gasteiger charge is 2.25. The van der Waals surface area contributed by atoms with Crippen LogP contribution in [0.3, 0.4) is 0 Å². The van der Waals surface area contributed by atoms with Crippen molar-refractivity contribution < 1.29 is 31.9 Å². The van der Waals surface area contributed by atoms with E-state index in [2.05, 4.69) is 20.4 Å². The van der Waals surface area contributed by atoms with E-state index in [1.807, 2.05) is 0 Å². The Morgan fingerprint density at radius 3 is 2.54 bits per heavy atom. The Bertz CT molecular complexity index is 1490. The first kappa shape index (κ1) is 25.8. The monoisotopic (exact) mass is 535 g/mol. The van der Waals surface area contributed by atoms with Gasteiger partial charge in [-0.05, 0) is 47.5 Å². The fraction of sp³-hybridized carbons (Fsp3) is 0.0833. The molecule has 0 atom stereocenters. The molecule has 0 aliphatic heterocycles. The molecule has 13 heteroatoms. The van der Waals surface area contributed by atoms with Crippen LogP contribution in [0.15, 0.2) is 60.8 Å². The van der Waals surface area contributed by atoms with Crippen molar-refractivity contribution >= 4 is 35.3 Å². The van der Waals surface area contributed by atoms with Gasteiger partial charge in [0.2, 0.25) is 5.95 Å². The summed E-state index contributed by atoms with van der Waals surface area (Å²) in [6.07, 6.45) is -2.80. The quantitative estimate of drug-likeness (QED) is 0.190. The number of carboxylic acids is 1. The molecule has 0 fully saturated rings. The summed E-state index contributed by atoms with van der Waals surface area (Å²) in [5.41, 5.74) is -0.469. The number of alkyl halides is 4. The molecule has 0 saturated carbocycles. The van der Waals surface area contributed by atoms with Crippen molar-refractivity contribution in [3.05, 3.63) is 88.6 Å². The third-order valence-electron chi connectivity index (χ3n) is 4.96. The van der Waals surface area contributed by atoms with Crippen LogP contribution in [0.5, 0.6) is 0 Å². The topological polar surface area (TPSA) is 92.9 Å². The second-order valence-electron chi connectivity index (χ2n) is 7.49. The van der Waals surface area contributed by atoms with E-state index in [9.17, 15) is 26.7 Å². The Kier molecular flexibility index (Phi) is 7.48. The minimum Gasteiger partial charge on any atom is -0.478 e. The molecule has 0 aliphatic carbocycles. The highest BCUT2D eigenvalue weighted by molar-refractivity contribution is 6.31. The molecule has 190 valence electrons. The van der Waals surface area contributed by atoms with Gasteiger partial charge in [-0.3, -0.25) is 0 Å². The normalized spacial score (nSPS) is 11.6. The number of aliphatic carboxylic acids is 1. The van der Waals surface area contributed by atoms with Crippen molar-refractivity contribution in [2.24, 2.45) is 0 Å². The summed E-state index contributed by atoms with van der Waals surface area (Å²) in [7, 11) is 0. The van der Waals surface area contributed by atoms with Crippen LogP contribution in [-0.2, 0) is 4.79 Å². The fourth-order valence-electron chi connectivity index (χ4n) is 3.32. The van der Waals surface area contributed by atoms with E-state index < -0.39 is 36.0 Å². The first-order valence-corrected chi connectivity index (χ1v) is 10.8. The lowest BCUT2D eigenvalue weighted by molar-refractivity contribution is -0.131. The summed E-state index contributed by atoms with van der Waals surface area (Å²) in [6, 6.07) is 10.6. The van der Waals surface area contributed by atoms with Gasteiger partial charge in [-0.2, -0.15) is 10.1 Å². The van der Waals surface area contributed by atoms with Crippen molar-refractivity contribution in [1.82, 2.24) is 19.7 Å². The third-order valence-corrected chi connectivity index (χ3v) is 5.25. The minimum absolute atomic E-state index is 0.138. The Hall–Kier alpha value is -4.32. The number of halogens is 6. The van der Waals surface area contributed by atoms with E-state index in [1.54, 1.807) is 18.2 Å². The second kappa shape index (κ2) is 10.7. The van der Waals surface area contributed by atoms with Gasteiger partial charge in [-0.1, -0.05) is 29.8 Å². The zero-order chi connectivity index (χ0) is 26.7. The van der Waals surface area contributed by atoms with Crippen LogP contribution in [0.4, 0.5) is 33.6 Å². The third kappa shape index (κ3) is 5.92. The van der Waals surface area contributed by atoms with Crippen LogP contribution in [0.25, 0.3) is 23.0 Å². The van der Waals surface area contributed by atoms with Gasteiger partial charge in [0.25, 0.3) is 12.9 Å². The molecule has 0 bridgehead atoms. The number of nitrogens with one attached hydrogen (secondary N) is 1.